The predicted octanol–water partition coefficient (Wildman–Crippen LogP) is 6.25. The van der Waals surface area contributed by atoms with Gasteiger partial charge in [0.25, 0.3) is 0 Å². The minimum Gasteiger partial charge on any atom is -0.374 e. The van der Waals surface area contributed by atoms with Crippen LogP contribution in [0.15, 0.2) is 120 Å². The first-order chi connectivity index (χ1) is 19.8. The third kappa shape index (κ3) is 6.27. The number of hydrogen-bond acceptors (Lipinski definition) is 5. The topological polar surface area (TPSA) is 54.0 Å². The lowest BCUT2D eigenvalue weighted by atomic mass is 9.84. The van der Waals surface area contributed by atoms with Crippen molar-refractivity contribution in [3.8, 4) is 0 Å². The molecule has 6 atom stereocenters. The summed E-state index contributed by atoms with van der Waals surface area (Å²) in [5, 5.41) is 0. The molecule has 2 aliphatic heterocycles. The van der Waals surface area contributed by atoms with Crippen molar-refractivity contribution in [3.63, 3.8) is 0 Å². The number of benzene rings is 4. The van der Waals surface area contributed by atoms with Gasteiger partial charge in [-0.2, -0.15) is 0 Å². The van der Waals surface area contributed by atoms with Crippen LogP contribution in [-0.2, 0) is 49.6 Å². The van der Waals surface area contributed by atoms with Crippen LogP contribution in [0.1, 0.15) is 28.4 Å². The van der Waals surface area contributed by atoms with Gasteiger partial charge in [-0.1, -0.05) is 109 Å². The summed E-state index contributed by atoms with van der Waals surface area (Å²) < 4.78 is 39.8. The van der Waals surface area contributed by atoms with E-state index >= 15 is 0 Å². The molecule has 0 spiro atoms. The molecule has 5 nitrogen and oxygen atoms in total. The highest BCUT2D eigenvalue weighted by molar-refractivity contribution is 7.85. The molecule has 0 amide bonds. The first-order valence-corrected chi connectivity index (χ1v) is 15.1. The van der Waals surface area contributed by atoms with Gasteiger partial charge in [-0.25, -0.2) is 0 Å². The second-order valence-electron chi connectivity index (χ2n) is 10.3. The standard InChI is InChI=1S/C34H34O5S/c35-40-24-29-32(28-18-10-11-19-31(28)40)39-30(23-36-20-25-12-4-1-5-13-25)34(38-22-27-16-8-3-9-17-27)33(29)37-21-26-14-6-2-7-15-26/h1-19,29-30,32-34H,20-24H2/t29-,30+,32+,33+,34+,40+/m0/s1. The Balaban J connectivity index is 1.30. The fourth-order valence-electron chi connectivity index (χ4n) is 5.62. The summed E-state index contributed by atoms with van der Waals surface area (Å²) in [7, 11) is -1.15. The lowest BCUT2D eigenvalue weighted by molar-refractivity contribution is -0.244. The first-order valence-electron chi connectivity index (χ1n) is 13.8. The maximum absolute atomic E-state index is 13.4. The van der Waals surface area contributed by atoms with Gasteiger partial charge in [0.05, 0.1) is 49.4 Å². The minimum atomic E-state index is -1.15. The van der Waals surface area contributed by atoms with Crippen LogP contribution in [0.4, 0.5) is 0 Å². The molecule has 0 radical (unpaired) electrons. The number of ether oxygens (including phenoxy) is 4. The molecular formula is C34H34O5S. The van der Waals surface area contributed by atoms with Gasteiger partial charge in [-0.3, -0.25) is 4.21 Å². The summed E-state index contributed by atoms with van der Waals surface area (Å²) >= 11 is 0. The Labute approximate surface area is 238 Å². The molecule has 40 heavy (non-hydrogen) atoms. The normalized spacial score (nSPS) is 25.6. The van der Waals surface area contributed by atoms with Crippen LogP contribution in [0.3, 0.4) is 0 Å². The Morgan fingerprint density at radius 2 is 1.18 bits per heavy atom. The molecule has 0 bridgehead atoms. The predicted molar refractivity (Wildman–Crippen MR) is 155 cm³/mol. The molecule has 6 rings (SSSR count). The SMILES string of the molecule is O=[S@@]1C[C@@H]2[C@@H](OCc3ccccc3)[C@H](OCc3ccccc3)[C@@H](COCc3ccccc3)O[C@@H]2c2ccccc21. The van der Waals surface area contributed by atoms with Crippen molar-refractivity contribution >= 4 is 10.8 Å². The number of fused-ring (bicyclic) bond motifs is 3. The minimum absolute atomic E-state index is 0.120. The van der Waals surface area contributed by atoms with E-state index in [9.17, 15) is 4.21 Å². The van der Waals surface area contributed by atoms with E-state index < -0.39 is 16.9 Å². The maximum Gasteiger partial charge on any atom is 0.113 e. The maximum atomic E-state index is 13.4. The molecule has 0 aromatic heterocycles. The van der Waals surface area contributed by atoms with Gasteiger partial charge in [0, 0.05) is 16.6 Å². The van der Waals surface area contributed by atoms with E-state index in [2.05, 4.69) is 36.4 Å². The lowest BCUT2D eigenvalue weighted by Crippen LogP contribution is -2.57. The average molecular weight is 555 g/mol. The Morgan fingerprint density at radius 1 is 0.650 bits per heavy atom. The third-order valence-corrected chi connectivity index (χ3v) is 9.15. The summed E-state index contributed by atoms with van der Waals surface area (Å²) in [5.74, 6) is 0.342. The van der Waals surface area contributed by atoms with E-state index in [1.54, 1.807) is 0 Å². The van der Waals surface area contributed by atoms with Crippen LogP contribution in [0.25, 0.3) is 0 Å². The lowest BCUT2D eigenvalue weighted by Gasteiger charge is -2.48. The van der Waals surface area contributed by atoms with Gasteiger partial charge in [0.15, 0.2) is 0 Å². The van der Waals surface area contributed by atoms with Crippen LogP contribution < -0.4 is 0 Å². The molecule has 2 aliphatic rings. The van der Waals surface area contributed by atoms with Crippen molar-refractivity contribution in [2.24, 2.45) is 5.92 Å². The van der Waals surface area contributed by atoms with Gasteiger partial charge in [0.1, 0.15) is 12.2 Å². The van der Waals surface area contributed by atoms with Crippen LogP contribution in [-0.4, -0.2) is 34.9 Å². The van der Waals surface area contributed by atoms with Crippen molar-refractivity contribution < 1.29 is 23.2 Å². The van der Waals surface area contributed by atoms with Gasteiger partial charge in [0.2, 0.25) is 0 Å². The fraction of sp³-hybridized carbons (Fsp3) is 0.294. The van der Waals surface area contributed by atoms with E-state index in [1.807, 2.05) is 78.9 Å². The van der Waals surface area contributed by atoms with Crippen molar-refractivity contribution in [3.05, 3.63) is 138 Å². The third-order valence-electron chi connectivity index (χ3n) is 7.60. The summed E-state index contributed by atoms with van der Waals surface area (Å²) in [6.45, 7) is 1.70. The van der Waals surface area contributed by atoms with Crippen LogP contribution in [0.2, 0.25) is 0 Å². The summed E-state index contributed by atoms with van der Waals surface area (Å²) in [6.07, 6.45) is -1.35. The van der Waals surface area contributed by atoms with Crippen LogP contribution in [0, 0.1) is 5.92 Å². The van der Waals surface area contributed by atoms with Crippen LogP contribution in [0.5, 0.6) is 0 Å². The van der Waals surface area contributed by atoms with Crippen molar-refractivity contribution in [1.29, 1.82) is 0 Å². The van der Waals surface area contributed by atoms with Crippen molar-refractivity contribution in [2.75, 3.05) is 12.4 Å². The molecule has 0 aliphatic carbocycles. The quantitative estimate of drug-likeness (QED) is 0.232. The first kappa shape index (κ1) is 27.1. The number of hydrogen-bond donors (Lipinski definition) is 0. The Kier molecular flexibility index (Phi) is 8.81. The highest BCUT2D eigenvalue weighted by Crippen LogP contribution is 2.45. The zero-order valence-electron chi connectivity index (χ0n) is 22.3. The molecule has 4 aromatic carbocycles. The van der Waals surface area contributed by atoms with E-state index in [1.165, 1.54) is 0 Å². The summed E-state index contributed by atoms with van der Waals surface area (Å²) in [6, 6.07) is 38.3. The molecule has 1 saturated heterocycles. The highest BCUT2D eigenvalue weighted by Gasteiger charge is 2.51. The van der Waals surface area contributed by atoms with Gasteiger partial charge < -0.3 is 18.9 Å². The van der Waals surface area contributed by atoms with E-state index in [0.29, 0.717) is 32.2 Å². The fourth-order valence-corrected chi connectivity index (χ4v) is 7.19. The van der Waals surface area contributed by atoms with E-state index in [-0.39, 0.29) is 24.2 Å². The van der Waals surface area contributed by atoms with Crippen molar-refractivity contribution in [1.82, 2.24) is 0 Å². The zero-order chi connectivity index (χ0) is 27.1. The molecule has 1 fully saturated rings. The summed E-state index contributed by atoms with van der Waals surface area (Å²) in [5.41, 5.74) is 4.24. The molecule has 0 N–H and O–H groups in total. The monoisotopic (exact) mass is 554 g/mol. The van der Waals surface area contributed by atoms with Gasteiger partial charge >= 0.3 is 0 Å². The molecule has 4 aromatic rings. The van der Waals surface area contributed by atoms with Crippen molar-refractivity contribution in [2.45, 2.75) is 49.1 Å². The Hall–Kier alpha value is -3.13. The largest absolute Gasteiger partial charge is 0.374 e. The molecule has 206 valence electrons. The van der Waals surface area contributed by atoms with Gasteiger partial charge in [-0.15, -0.1) is 0 Å². The average Bonchev–Trinajstić information content (AvgIpc) is 3.01. The van der Waals surface area contributed by atoms with E-state index in [0.717, 1.165) is 27.1 Å². The van der Waals surface area contributed by atoms with Crippen LogP contribution >= 0.6 is 0 Å². The Morgan fingerprint density at radius 3 is 1.80 bits per heavy atom. The smallest absolute Gasteiger partial charge is 0.113 e. The molecule has 6 heteroatoms. The molecule has 0 saturated carbocycles. The van der Waals surface area contributed by atoms with Gasteiger partial charge in [-0.05, 0) is 28.3 Å². The molecule has 2 heterocycles. The van der Waals surface area contributed by atoms with E-state index in [4.69, 9.17) is 18.9 Å². The molecular weight excluding hydrogens is 520 g/mol. The summed E-state index contributed by atoms with van der Waals surface area (Å²) in [4.78, 5) is 0.846. The highest BCUT2D eigenvalue weighted by atomic mass is 32.2. The number of rotatable bonds is 10. The second kappa shape index (κ2) is 13.0. The molecule has 0 unspecified atom stereocenters. The Bertz CT molecular complexity index is 1380. The zero-order valence-corrected chi connectivity index (χ0v) is 23.2. The second-order valence-corrected chi connectivity index (χ2v) is 11.8.